The van der Waals surface area contributed by atoms with Crippen LogP contribution in [0.15, 0.2) is 61.4 Å². The van der Waals surface area contributed by atoms with Gasteiger partial charge in [0.05, 0.1) is 0 Å². The smallest absolute Gasteiger partial charge is 0.123 e. The molecule has 0 amide bonds. The van der Waals surface area contributed by atoms with Gasteiger partial charge < -0.3 is 14.9 Å². The van der Waals surface area contributed by atoms with E-state index in [0.29, 0.717) is 0 Å². The minimum Gasteiger partial charge on any atom is -0.361 e. The Hall–Kier alpha value is -2.96. The third-order valence-electron chi connectivity index (χ3n) is 6.86. The summed E-state index contributed by atoms with van der Waals surface area (Å²) in [5, 5.41) is 2.02. The lowest BCUT2D eigenvalue weighted by Gasteiger charge is -2.20. The number of nitrogens with zero attached hydrogens (tertiary/aromatic N) is 2. The van der Waals surface area contributed by atoms with Crippen LogP contribution in [-0.2, 0) is 12.8 Å². The minimum atomic E-state index is -0.176. The highest BCUT2D eigenvalue weighted by molar-refractivity contribution is 5.83. The van der Waals surface area contributed by atoms with Crippen molar-refractivity contribution in [3.63, 3.8) is 0 Å². The zero-order chi connectivity index (χ0) is 27.3. The van der Waals surface area contributed by atoms with Gasteiger partial charge in [-0.3, -0.25) is 4.90 Å². The third kappa shape index (κ3) is 8.53. The third-order valence-corrected chi connectivity index (χ3v) is 6.86. The Morgan fingerprint density at radius 2 is 1.13 bits per heavy atom. The molecule has 4 aromatic rings. The Morgan fingerprint density at radius 3 is 1.58 bits per heavy atom. The molecule has 0 bridgehead atoms. The van der Waals surface area contributed by atoms with Gasteiger partial charge in [0.15, 0.2) is 0 Å². The number of fused-ring (bicyclic) bond motifs is 2. The van der Waals surface area contributed by atoms with Crippen molar-refractivity contribution in [2.45, 2.75) is 52.9 Å². The molecule has 0 fully saturated rings. The number of H-pyrrole nitrogens is 2. The number of rotatable bonds is 14. The summed E-state index contributed by atoms with van der Waals surface area (Å²) >= 11 is 0. The number of halogens is 2. The molecule has 2 N–H and O–H groups in total. The molecule has 0 atom stereocenters. The minimum absolute atomic E-state index is 0.160. The fourth-order valence-corrected chi connectivity index (χ4v) is 5.03. The van der Waals surface area contributed by atoms with Crippen molar-refractivity contribution in [2.24, 2.45) is 0 Å². The van der Waals surface area contributed by atoms with E-state index in [1.165, 1.54) is 36.1 Å². The summed E-state index contributed by atoms with van der Waals surface area (Å²) in [7, 11) is 0. The van der Waals surface area contributed by atoms with Crippen LogP contribution in [0.25, 0.3) is 21.8 Å². The van der Waals surface area contributed by atoms with Crippen LogP contribution in [0.2, 0.25) is 0 Å². The molecule has 2 heterocycles. The van der Waals surface area contributed by atoms with Crippen molar-refractivity contribution in [2.75, 3.05) is 39.3 Å². The van der Waals surface area contributed by atoms with Crippen LogP contribution in [0.5, 0.6) is 0 Å². The molecule has 38 heavy (non-hydrogen) atoms. The molecule has 0 aliphatic heterocycles. The number of hydrogen-bond donors (Lipinski definition) is 2. The van der Waals surface area contributed by atoms with E-state index >= 15 is 0 Å². The number of nitrogens with one attached hydrogen (secondary N) is 2. The highest BCUT2D eigenvalue weighted by atomic mass is 19.1. The zero-order valence-electron chi connectivity index (χ0n) is 23.3. The van der Waals surface area contributed by atoms with Gasteiger partial charge in [0.1, 0.15) is 11.6 Å². The predicted molar refractivity (Wildman–Crippen MR) is 158 cm³/mol. The van der Waals surface area contributed by atoms with Gasteiger partial charge in [0.25, 0.3) is 0 Å². The van der Waals surface area contributed by atoms with Crippen molar-refractivity contribution in [1.29, 1.82) is 0 Å². The monoisotopic (exact) mass is 522 g/mol. The summed E-state index contributed by atoms with van der Waals surface area (Å²) in [6, 6.07) is 9.84. The van der Waals surface area contributed by atoms with Crippen LogP contribution >= 0.6 is 0 Å². The molecule has 2 aromatic heterocycles. The molecule has 206 valence electrons. The van der Waals surface area contributed by atoms with Crippen molar-refractivity contribution in [3.8, 4) is 0 Å². The highest BCUT2D eigenvalue weighted by Gasteiger charge is 2.09. The second-order valence-corrected chi connectivity index (χ2v) is 9.94. The van der Waals surface area contributed by atoms with Crippen LogP contribution in [0.4, 0.5) is 8.78 Å². The normalized spacial score (nSPS) is 11.4. The molecule has 0 aliphatic carbocycles. The highest BCUT2D eigenvalue weighted by Crippen LogP contribution is 2.21. The predicted octanol–water partition coefficient (Wildman–Crippen LogP) is 7.72. The van der Waals surface area contributed by atoms with Crippen molar-refractivity contribution >= 4 is 21.8 Å². The van der Waals surface area contributed by atoms with Gasteiger partial charge in [-0.15, -0.1) is 6.58 Å². The standard InChI is InChI=1S/C16H23FN2.C16H21FN2/c2*1-3-8-19(9-4-2)10-7-13-12-18-16-6-5-14(17)11-15(13)16/h5-6,11-12,18H,3-4,7-10H2,1-2H3;3,5-6,11-12,18H,1,4,7-10H2,2H3. The lowest BCUT2D eigenvalue weighted by Crippen LogP contribution is -2.27. The molecule has 6 heteroatoms. The first-order valence-corrected chi connectivity index (χ1v) is 14.1. The summed E-state index contributed by atoms with van der Waals surface area (Å²) in [4.78, 5) is 11.3. The number of hydrogen-bond acceptors (Lipinski definition) is 2. The Labute approximate surface area is 226 Å². The van der Waals surface area contributed by atoms with Gasteiger partial charge >= 0.3 is 0 Å². The molecular formula is C32H44F2N4. The van der Waals surface area contributed by atoms with E-state index in [1.807, 2.05) is 24.5 Å². The maximum absolute atomic E-state index is 13.3. The Balaban J connectivity index is 0.000000211. The van der Waals surface area contributed by atoms with Crippen LogP contribution in [0.1, 0.15) is 51.2 Å². The summed E-state index contributed by atoms with van der Waals surface area (Å²) in [6.07, 6.45) is 11.3. The molecule has 0 saturated heterocycles. The summed E-state index contributed by atoms with van der Waals surface area (Å²) in [6.45, 7) is 16.7. The second kappa shape index (κ2) is 15.5. The molecule has 0 spiro atoms. The average molecular weight is 523 g/mol. The summed E-state index contributed by atoms with van der Waals surface area (Å²) in [5.41, 5.74) is 4.42. The number of aromatic amines is 2. The lowest BCUT2D eigenvalue weighted by atomic mass is 10.1. The number of aromatic nitrogens is 2. The van der Waals surface area contributed by atoms with Gasteiger partial charge in [-0.25, -0.2) is 8.78 Å². The Morgan fingerprint density at radius 1 is 0.684 bits per heavy atom. The molecule has 4 rings (SSSR count). The van der Waals surface area contributed by atoms with E-state index in [1.54, 1.807) is 18.2 Å². The first-order chi connectivity index (χ1) is 18.5. The van der Waals surface area contributed by atoms with E-state index < -0.39 is 0 Å². The topological polar surface area (TPSA) is 38.1 Å². The molecule has 2 aromatic carbocycles. The van der Waals surface area contributed by atoms with Crippen LogP contribution in [0.3, 0.4) is 0 Å². The Bertz CT molecular complexity index is 1250. The van der Waals surface area contributed by atoms with Crippen molar-refractivity contribution < 1.29 is 8.78 Å². The van der Waals surface area contributed by atoms with Crippen LogP contribution in [-0.4, -0.2) is 59.0 Å². The van der Waals surface area contributed by atoms with Gasteiger partial charge in [-0.05, 0) is 99.3 Å². The van der Waals surface area contributed by atoms with Gasteiger partial charge in [0, 0.05) is 53.8 Å². The second-order valence-electron chi connectivity index (χ2n) is 9.94. The molecule has 0 unspecified atom stereocenters. The molecule has 4 nitrogen and oxygen atoms in total. The van der Waals surface area contributed by atoms with Crippen LogP contribution < -0.4 is 0 Å². The fraction of sp³-hybridized carbons (Fsp3) is 0.438. The largest absolute Gasteiger partial charge is 0.361 e. The van der Waals surface area contributed by atoms with Crippen LogP contribution in [0, 0.1) is 11.6 Å². The molecule has 0 aliphatic rings. The first kappa shape index (κ1) is 29.6. The summed E-state index contributed by atoms with van der Waals surface area (Å²) < 4.78 is 26.6. The van der Waals surface area contributed by atoms with E-state index in [9.17, 15) is 8.78 Å². The maximum Gasteiger partial charge on any atom is 0.123 e. The molecule has 0 radical (unpaired) electrons. The van der Waals surface area contributed by atoms with Gasteiger partial charge in [0.2, 0.25) is 0 Å². The average Bonchev–Trinajstić information content (AvgIpc) is 3.50. The lowest BCUT2D eigenvalue weighted by molar-refractivity contribution is 0.278. The van der Waals surface area contributed by atoms with E-state index in [-0.39, 0.29) is 11.6 Å². The van der Waals surface area contributed by atoms with Crippen molar-refractivity contribution in [1.82, 2.24) is 19.8 Å². The quantitative estimate of drug-likeness (QED) is 0.166. The fourth-order valence-electron chi connectivity index (χ4n) is 5.03. The van der Waals surface area contributed by atoms with E-state index in [2.05, 4.69) is 47.1 Å². The SMILES string of the molecule is C=CCN(CCC)CCc1c[nH]c2ccc(F)cc12.CCCN(CCC)CCc1c[nH]c2ccc(F)cc12. The van der Waals surface area contributed by atoms with Crippen molar-refractivity contribution in [3.05, 3.63) is 84.2 Å². The number of benzene rings is 2. The van der Waals surface area contributed by atoms with Gasteiger partial charge in [-0.2, -0.15) is 0 Å². The Kier molecular flexibility index (Phi) is 12.0. The van der Waals surface area contributed by atoms with E-state index in [4.69, 9.17) is 0 Å². The zero-order valence-corrected chi connectivity index (χ0v) is 23.3. The molecular weight excluding hydrogens is 478 g/mol. The molecule has 0 saturated carbocycles. The van der Waals surface area contributed by atoms with Gasteiger partial charge in [-0.1, -0.05) is 26.8 Å². The first-order valence-electron chi connectivity index (χ1n) is 14.1. The summed E-state index contributed by atoms with van der Waals surface area (Å²) in [5.74, 6) is -0.336. The maximum atomic E-state index is 13.3. The van der Waals surface area contributed by atoms with E-state index in [0.717, 1.165) is 80.3 Å².